The van der Waals surface area contributed by atoms with Crippen LogP contribution in [0.5, 0.6) is 0 Å². The summed E-state index contributed by atoms with van der Waals surface area (Å²) in [6, 6.07) is 6.33. The van der Waals surface area contributed by atoms with Gasteiger partial charge in [0.25, 0.3) is 0 Å². The van der Waals surface area contributed by atoms with Crippen LogP contribution in [0, 0.1) is 18.2 Å². The first-order valence-corrected chi connectivity index (χ1v) is 6.36. The van der Waals surface area contributed by atoms with Gasteiger partial charge >= 0.3 is 0 Å². The van der Waals surface area contributed by atoms with Gasteiger partial charge in [0.15, 0.2) is 0 Å². The van der Waals surface area contributed by atoms with E-state index >= 15 is 0 Å². The summed E-state index contributed by atoms with van der Waals surface area (Å²) in [4.78, 5) is 1.89. The van der Waals surface area contributed by atoms with Crippen molar-refractivity contribution in [2.45, 2.75) is 13.8 Å². The van der Waals surface area contributed by atoms with Crippen molar-refractivity contribution in [1.29, 1.82) is 5.41 Å². The quantitative estimate of drug-likeness (QED) is 0.664. The number of benzene rings is 1. The van der Waals surface area contributed by atoms with Gasteiger partial charge in [-0.05, 0) is 32.0 Å². The van der Waals surface area contributed by atoms with E-state index in [0.717, 1.165) is 0 Å². The van der Waals surface area contributed by atoms with Crippen LogP contribution in [0.25, 0.3) is 0 Å². The van der Waals surface area contributed by atoms with E-state index < -0.39 is 0 Å². The lowest BCUT2D eigenvalue weighted by Crippen LogP contribution is -2.23. The molecule has 0 saturated heterocycles. The smallest absolute Gasteiger partial charge is 0.142 e. The SMILES string of the molecule is CCN(c1cccc(F)c1)c1c(C(=N)N)c(C)nn1C. The highest BCUT2D eigenvalue weighted by atomic mass is 19.1. The molecule has 0 aliphatic carbocycles. The van der Waals surface area contributed by atoms with Crippen LogP contribution < -0.4 is 10.6 Å². The van der Waals surface area contributed by atoms with E-state index in [1.165, 1.54) is 12.1 Å². The molecule has 20 heavy (non-hydrogen) atoms. The van der Waals surface area contributed by atoms with Crippen LogP contribution in [0.1, 0.15) is 18.2 Å². The number of aryl methyl sites for hydroxylation is 2. The Hall–Kier alpha value is -2.37. The Morgan fingerprint density at radius 3 is 2.75 bits per heavy atom. The van der Waals surface area contributed by atoms with Crippen LogP contribution in [0.2, 0.25) is 0 Å². The number of anilines is 2. The van der Waals surface area contributed by atoms with E-state index in [1.807, 2.05) is 17.9 Å². The summed E-state index contributed by atoms with van der Waals surface area (Å²) >= 11 is 0. The van der Waals surface area contributed by atoms with Gasteiger partial charge < -0.3 is 10.6 Å². The van der Waals surface area contributed by atoms with Gasteiger partial charge in [0.1, 0.15) is 17.5 Å². The summed E-state index contributed by atoms with van der Waals surface area (Å²) in [5, 5.41) is 12.0. The minimum atomic E-state index is -0.302. The number of nitrogens with one attached hydrogen (secondary N) is 1. The average molecular weight is 275 g/mol. The molecule has 2 aromatic rings. The summed E-state index contributed by atoms with van der Waals surface area (Å²) in [7, 11) is 1.79. The first kappa shape index (κ1) is 14.0. The summed E-state index contributed by atoms with van der Waals surface area (Å²) in [6.07, 6.45) is 0. The van der Waals surface area contributed by atoms with Crippen molar-refractivity contribution in [3.05, 3.63) is 41.3 Å². The van der Waals surface area contributed by atoms with Crippen LogP contribution in [0.15, 0.2) is 24.3 Å². The molecule has 0 atom stereocenters. The maximum absolute atomic E-state index is 13.4. The molecule has 3 N–H and O–H groups in total. The molecule has 0 aliphatic heterocycles. The third kappa shape index (κ3) is 2.36. The number of nitrogens with zero attached hydrogens (tertiary/aromatic N) is 3. The topological polar surface area (TPSA) is 70.9 Å². The second kappa shape index (κ2) is 5.32. The summed E-state index contributed by atoms with van der Waals surface area (Å²) in [5.74, 6) is 0.354. The van der Waals surface area contributed by atoms with Gasteiger partial charge in [-0.25, -0.2) is 4.39 Å². The van der Waals surface area contributed by atoms with Crippen molar-refractivity contribution in [3.63, 3.8) is 0 Å². The molecule has 106 valence electrons. The molecule has 1 aromatic heterocycles. The molecule has 1 heterocycles. The highest BCUT2D eigenvalue weighted by Crippen LogP contribution is 2.29. The molecular formula is C14H18FN5. The second-order valence-electron chi connectivity index (χ2n) is 4.55. The Kier molecular flexibility index (Phi) is 3.74. The zero-order valence-corrected chi connectivity index (χ0v) is 11.8. The van der Waals surface area contributed by atoms with Gasteiger partial charge in [0, 0.05) is 19.3 Å². The van der Waals surface area contributed by atoms with Crippen LogP contribution in [0.4, 0.5) is 15.9 Å². The first-order valence-electron chi connectivity index (χ1n) is 6.36. The molecule has 0 amide bonds. The lowest BCUT2D eigenvalue weighted by atomic mass is 10.2. The average Bonchev–Trinajstić information content (AvgIpc) is 2.66. The van der Waals surface area contributed by atoms with E-state index in [9.17, 15) is 4.39 Å². The first-order chi connectivity index (χ1) is 9.45. The monoisotopic (exact) mass is 275 g/mol. The van der Waals surface area contributed by atoms with E-state index in [0.29, 0.717) is 29.3 Å². The standard InChI is InChI=1S/C14H18FN5/c1-4-20(11-7-5-6-10(15)8-11)14-12(13(16)17)9(2)18-19(14)3/h5-8H,4H2,1-3H3,(H3,16,17). The Labute approximate surface area is 117 Å². The minimum Gasteiger partial charge on any atom is -0.384 e. The number of rotatable bonds is 4. The fourth-order valence-corrected chi connectivity index (χ4v) is 2.37. The van der Waals surface area contributed by atoms with Gasteiger partial charge in [-0.2, -0.15) is 5.10 Å². The third-order valence-corrected chi connectivity index (χ3v) is 3.15. The van der Waals surface area contributed by atoms with Crippen LogP contribution >= 0.6 is 0 Å². The van der Waals surface area contributed by atoms with E-state index in [1.54, 1.807) is 24.7 Å². The second-order valence-corrected chi connectivity index (χ2v) is 4.55. The number of amidine groups is 1. The molecular weight excluding hydrogens is 257 g/mol. The Balaban J connectivity index is 2.61. The predicted molar refractivity (Wildman–Crippen MR) is 78.0 cm³/mol. The van der Waals surface area contributed by atoms with Crippen molar-refractivity contribution >= 4 is 17.3 Å². The number of hydrogen-bond acceptors (Lipinski definition) is 3. The number of halogens is 1. The summed E-state index contributed by atoms with van der Waals surface area (Å²) in [5.41, 5.74) is 7.63. The number of nitrogens with two attached hydrogens (primary N) is 1. The molecule has 0 radical (unpaired) electrons. The minimum absolute atomic E-state index is 0.0412. The zero-order chi connectivity index (χ0) is 14.9. The summed E-state index contributed by atoms with van der Waals surface area (Å²) < 4.78 is 15.1. The number of hydrogen-bond donors (Lipinski definition) is 2. The van der Waals surface area contributed by atoms with E-state index in [-0.39, 0.29) is 11.7 Å². The molecule has 0 bridgehead atoms. The third-order valence-electron chi connectivity index (χ3n) is 3.15. The van der Waals surface area contributed by atoms with Crippen LogP contribution in [-0.4, -0.2) is 22.2 Å². The van der Waals surface area contributed by atoms with Gasteiger partial charge in [-0.15, -0.1) is 0 Å². The molecule has 0 saturated carbocycles. The van der Waals surface area contributed by atoms with Crippen molar-refractivity contribution in [3.8, 4) is 0 Å². The maximum atomic E-state index is 13.4. The normalized spacial score (nSPS) is 10.6. The van der Waals surface area contributed by atoms with Gasteiger partial charge in [-0.3, -0.25) is 10.1 Å². The number of nitrogen functional groups attached to an aromatic ring is 1. The Bertz CT molecular complexity index is 647. The molecule has 2 rings (SSSR count). The molecule has 0 spiro atoms. The lowest BCUT2D eigenvalue weighted by Gasteiger charge is -2.24. The van der Waals surface area contributed by atoms with Gasteiger partial charge in [0.05, 0.1) is 11.3 Å². The Morgan fingerprint density at radius 1 is 1.50 bits per heavy atom. The fraction of sp³-hybridized carbons (Fsp3) is 0.286. The predicted octanol–water partition coefficient (Wildman–Crippen LogP) is 2.31. The molecule has 1 aromatic carbocycles. The zero-order valence-electron chi connectivity index (χ0n) is 11.8. The van der Waals surface area contributed by atoms with Crippen LogP contribution in [-0.2, 0) is 7.05 Å². The van der Waals surface area contributed by atoms with Crippen molar-refractivity contribution in [1.82, 2.24) is 9.78 Å². The summed E-state index contributed by atoms with van der Waals surface area (Å²) in [6.45, 7) is 4.37. The van der Waals surface area contributed by atoms with Gasteiger partial charge in [-0.1, -0.05) is 6.07 Å². The molecule has 5 nitrogen and oxygen atoms in total. The van der Waals surface area contributed by atoms with Crippen LogP contribution in [0.3, 0.4) is 0 Å². The molecule has 0 aliphatic rings. The molecule has 0 fully saturated rings. The van der Waals surface area contributed by atoms with Crippen molar-refractivity contribution in [2.75, 3.05) is 11.4 Å². The Morgan fingerprint density at radius 2 is 2.20 bits per heavy atom. The lowest BCUT2D eigenvalue weighted by molar-refractivity contribution is 0.627. The highest BCUT2D eigenvalue weighted by molar-refractivity contribution is 6.01. The number of aromatic nitrogens is 2. The van der Waals surface area contributed by atoms with E-state index in [4.69, 9.17) is 11.1 Å². The van der Waals surface area contributed by atoms with Crippen molar-refractivity contribution < 1.29 is 4.39 Å². The molecule has 6 heteroatoms. The van der Waals surface area contributed by atoms with Gasteiger partial charge in [0.2, 0.25) is 0 Å². The van der Waals surface area contributed by atoms with E-state index in [2.05, 4.69) is 5.10 Å². The maximum Gasteiger partial charge on any atom is 0.142 e. The highest BCUT2D eigenvalue weighted by Gasteiger charge is 2.21. The fourth-order valence-electron chi connectivity index (χ4n) is 2.37. The van der Waals surface area contributed by atoms with Crippen molar-refractivity contribution in [2.24, 2.45) is 12.8 Å². The molecule has 0 unspecified atom stereocenters. The largest absolute Gasteiger partial charge is 0.384 e.